The topological polar surface area (TPSA) is 79.5 Å². The van der Waals surface area contributed by atoms with E-state index in [9.17, 15) is 9.59 Å². The van der Waals surface area contributed by atoms with Crippen molar-refractivity contribution in [1.29, 1.82) is 0 Å². The van der Waals surface area contributed by atoms with Crippen LogP contribution < -0.4 is 20.7 Å². The molecule has 0 atom stereocenters. The van der Waals surface area contributed by atoms with Gasteiger partial charge in [0.15, 0.2) is 0 Å². The molecule has 2 amide bonds. The van der Waals surface area contributed by atoms with E-state index >= 15 is 0 Å². The molecule has 0 bridgehead atoms. The van der Waals surface area contributed by atoms with Crippen LogP contribution in [0.1, 0.15) is 30.6 Å². The third kappa shape index (κ3) is 7.15. The molecule has 0 unspecified atom stereocenters. The lowest BCUT2D eigenvalue weighted by atomic mass is 10.2. The molecule has 0 saturated carbocycles. The van der Waals surface area contributed by atoms with Crippen molar-refractivity contribution in [3.05, 3.63) is 66.2 Å². The van der Waals surface area contributed by atoms with E-state index in [-0.39, 0.29) is 18.4 Å². The molecule has 0 saturated heterocycles. The van der Waals surface area contributed by atoms with Gasteiger partial charge in [0.05, 0.1) is 6.54 Å². The highest BCUT2D eigenvalue weighted by Crippen LogP contribution is 2.16. The minimum absolute atomic E-state index is 0.109. The van der Waals surface area contributed by atoms with Gasteiger partial charge in [0.2, 0.25) is 5.91 Å². The van der Waals surface area contributed by atoms with Gasteiger partial charge in [-0.1, -0.05) is 19.6 Å². The van der Waals surface area contributed by atoms with Crippen LogP contribution in [-0.2, 0) is 4.79 Å². The number of hydrogen-bond acceptors (Lipinski definition) is 4. The van der Waals surface area contributed by atoms with Crippen molar-refractivity contribution in [2.75, 3.05) is 30.3 Å². The molecule has 0 aromatic heterocycles. The summed E-state index contributed by atoms with van der Waals surface area (Å²) >= 11 is 0. The number of carbonyl (C=O) groups is 2. The lowest BCUT2D eigenvalue weighted by molar-refractivity contribution is -0.114. The largest absolute Gasteiger partial charge is 0.489 e. The third-order valence-electron chi connectivity index (χ3n) is 3.74. The Bertz CT molecular complexity index is 816. The van der Waals surface area contributed by atoms with Crippen molar-refractivity contribution in [3.63, 3.8) is 0 Å². The summed E-state index contributed by atoms with van der Waals surface area (Å²) in [5, 5.41) is 8.67. The van der Waals surface area contributed by atoms with E-state index < -0.39 is 0 Å². The van der Waals surface area contributed by atoms with Crippen LogP contribution in [0.4, 0.5) is 11.4 Å². The van der Waals surface area contributed by atoms with Crippen molar-refractivity contribution in [3.8, 4) is 5.75 Å². The Morgan fingerprint density at radius 3 is 2.50 bits per heavy atom. The van der Waals surface area contributed by atoms with Gasteiger partial charge in [-0.25, -0.2) is 0 Å². The van der Waals surface area contributed by atoms with Crippen molar-refractivity contribution in [2.24, 2.45) is 0 Å². The van der Waals surface area contributed by atoms with Gasteiger partial charge in [-0.15, -0.1) is 0 Å². The summed E-state index contributed by atoms with van der Waals surface area (Å²) in [7, 11) is 0. The predicted molar refractivity (Wildman–Crippen MR) is 113 cm³/mol. The van der Waals surface area contributed by atoms with Crippen LogP contribution in [0.5, 0.6) is 5.75 Å². The highest BCUT2D eigenvalue weighted by molar-refractivity contribution is 5.98. The summed E-state index contributed by atoms with van der Waals surface area (Å²) in [5.41, 5.74) is 2.86. The molecule has 2 rings (SSSR count). The quantitative estimate of drug-likeness (QED) is 0.547. The summed E-state index contributed by atoms with van der Waals surface area (Å²) in [6.45, 7) is 8.90. The van der Waals surface area contributed by atoms with Crippen LogP contribution >= 0.6 is 0 Å². The molecule has 3 N–H and O–H groups in total. The van der Waals surface area contributed by atoms with Crippen LogP contribution in [0, 0.1) is 0 Å². The van der Waals surface area contributed by atoms with Gasteiger partial charge in [-0.3, -0.25) is 9.59 Å². The first-order valence-corrected chi connectivity index (χ1v) is 9.27. The van der Waals surface area contributed by atoms with Gasteiger partial charge in [-0.05, 0) is 61.4 Å². The van der Waals surface area contributed by atoms with E-state index in [2.05, 4.69) is 22.5 Å². The summed E-state index contributed by atoms with van der Waals surface area (Å²) in [6.07, 6.45) is 0.870. The molecule has 6 nitrogen and oxygen atoms in total. The molecule has 2 aromatic carbocycles. The summed E-state index contributed by atoms with van der Waals surface area (Å²) in [6, 6.07) is 14.2. The number of nitrogens with one attached hydrogen (secondary N) is 3. The van der Waals surface area contributed by atoms with Crippen LogP contribution in [0.25, 0.3) is 0 Å². The van der Waals surface area contributed by atoms with Crippen molar-refractivity contribution in [2.45, 2.75) is 20.3 Å². The Balaban J connectivity index is 1.84. The molecule has 6 heteroatoms. The first-order valence-electron chi connectivity index (χ1n) is 9.27. The van der Waals surface area contributed by atoms with Crippen molar-refractivity contribution >= 4 is 23.2 Å². The zero-order chi connectivity index (χ0) is 20.4. The lowest BCUT2D eigenvalue weighted by Gasteiger charge is -2.10. The number of benzene rings is 2. The Morgan fingerprint density at radius 1 is 1.07 bits per heavy atom. The molecule has 0 heterocycles. The predicted octanol–water partition coefficient (Wildman–Crippen LogP) is 3.83. The van der Waals surface area contributed by atoms with E-state index in [0.29, 0.717) is 24.4 Å². The minimum atomic E-state index is -0.200. The molecule has 148 valence electrons. The molecule has 0 aliphatic heterocycles. The Hall–Kier alpha value is -3.28. The van der Waals surface area contributed by atoms with Gasteiger partial charge in [0, 0.05) is 23.5 Å². The molecule has 2 aromatic rings. The fourth-order valence-electron chi connectivity index (χ4n) is 2.34. The van der Waals surface area contributed by atoms with E-state index in [0.717, 1.165) is 23.4 Å². The maximum Gasteiger partial charge on any atom is 0.251 e. The first kappa shape index (κ1) is 21.0. The molecule has 0 radical (unpaired) electrons. The fourth-order valence-corrected chi connectivity index (χ4v) is 2.34. The van der Waals surface area contributed by atoms with Gasteiger partial charge < -0.3 is 20.7 Å². The molecule has 0 aliphatic rings. The number of anilines is 2. The van der Waals surface area contributed by atoms with Gasteiger partial charge in [0.25, 0.3) is 5.91 Å². The fraction of sp³-hybridized carbons (Fsp3) is 0.273. The zero-order valence-corrected chi connectivity index (χ0v) is 16.4. The standard InChI is InChI=1S/C22H27N3O3/c1-4-12-23-22(27)17-6-5-7-19(13-17)25-21(26)14-24-18-8-10-20(11-9-18)28-15-16(2)3/h5-11,13,24H,2,4,12,14-15H2,1,3H3,(H,23,27)(H,25,26). The Labute approximate surface area is 166 Å². The number of rotatable bonds is 10. The smallest absolute Gasteiger partial charge is 0.251 e. The molecule has 0 fully saturated rings. The van der Waals surface area contributed by atoms with Crippen molar-refractivity contribution < 1.29 is 14.3 Å². The van der Waals surface area contributed by atoms with Crippen LogP contribution in [-0.4, -0.2) is 31.5 Å². The number of carbonyl (C=O) groups excluding carboxylic acids is 2. The lowest BCUT2D eigenvalue weighted by Crippen LogP contribution is -2.24. The van der Waals surface area contributed by atoms with E-state index in [1.165, 1.54) is 0 Å². The van der Waals surface area contributed by atoms with Crippen LogP contribution in [0.15, 0.2) is 60.7 Å². The highest BCUT2D eigenvalue weighted by Gasteiger charge is 2.07. The second-order valence-corrected chi connectivity index (χ2v) is 6.51. The Morgan fingerprint density at radius 2 is 1.82 bits per heavy atom. The number of hydrogen-bond donors (Lipinski definition) is 3. The average molecular weight is 381 g/mol. The summed E-state index contributed by atoms with van der Waals surface area (Å²) in [5.74, 6) is 0.398. The molecular weight excluding hydrogens is 354 g/mol. The maximum absolute atomic E-state index is 12.2. The number of amides is 2. The molecule has 28 heavy (non-hydrogen) atoms. The molecular formula is C22H27N3O3. The van der Waals surface area contributed by atoms with E-state index in [4.69, 9.17) is 4.74 Å². The first-order chi connectivity index (χ1) is 13.5. The SMILES string of the molecule is C=C(C)COc1ccc(NCC(=O)Nc2cccc(C(=O)NCCC)c2)cc1. The van der Waals surface area contributed by atoms with Crippen LogP contribution in [0.2, 0.25) is 0 Å². The number of ether oxygens (including phenoxy) is 1. The van der Waals surface area contributed by atoms with Crippen LogP contribution in [0.3, 0.4) is 0 Å². The summed E-state index contributed by atoms with van der Waals surface area (Å²) < 4.78 is 5.54. The molecule has 0 spiro atoms. The van der Waals surface area contributed by atoms with Gasteiger partial charge >= 0.3 is 0 Å². The second kappa shape index (κ2) is 10.8. The van der Waals surface area contributed by atoms with E-state index in [1.54, 1.807) is 24.3 Å². The summed E-state index contributed by atoms with van der Waals surface area (Å²) in [4.78, 5) is 24.2. The van der Waals surface area contributed by atoms with Crippen molar-refractivity contribution in [1.82, 2.24) is 5.32 Å². The van der Waals surface area contributed by atoms with E-state index in [1.807, 2.05) is 38.1 Å². The third-order valence-corrected chi connectivity index (χ3v) is 3.74. The maximum atomic E-state index is 12.2. The monoisotopic (exact) mass is 381 g/mol. The zero-order valence-electron chi connectivity index (χ0n) is 16.4. The van der Waals surface area contributed by atoms with Gasteiger partial charge in [0.1, 0.15) is 12.4 Å². The molecule has 0 aliphatic carbocycles. The normalized spacial score (nSPS) is 10.1. The Kier molecular flexibility index (Phi) is 8.09. The second-order valence-electron chi connectivity index (χ2n) is 6.51. The minimum Gasteiger partial charge on any atom is -0.489 e. The van der Waals surface area contributed by atoms with Gasteiger partial charge in [-0.2, -0.15) is 0 Å². The highest BCUT2D eigenvalue weighted by atomic mass is 16.5. The average Bonchev–Trinajstić information content (AvgIpc) is 2.69.